The molecule has 84 valence electrons. The molecule has 1 fully saturated rings. The van der Waals surface area contributed by atoms with Crippen LogP contribution in [0.4, 0.5) is 0 Å². The second-order valence-electron chi connectivity index (χ2n) is 4.88. The predicted molar refractivity (Wildman–Crippen MR) is 62.6 cm³/mol. The third kappa shape index (κ3) is 4.43. The molecule has 0 saturated carbocycles. The van der Waals surface area contributed by atoms with Crippen LogP contribution >= 0.6 is 0 Å². The zero-order valence-corrected chi connectivity index (χ0v) is 10.1. The molecule has 1 aliphatic heterocycles. The van der Waals surface area contributed by atoms with Crippen LogP contribution in [0.1, 0.15) is 39.5 Å². The van der Waals surface area contributed by atoms with Crippen molar-refractivity contribution in [1.29, 1.82) is 0 Å². The number of nitrogens with one attached hydrogen (secondary N) is 1. The van der Waals surface area contributed by atoms with Gasteiger partial charge in [-0.1, -0.05) is 20.3 Å². The molecule has 1 aliphatic rings. The lowest BCUT2D eigenvalue weighted by Crippen LogP contribution is -2.42. The maximum atomic E-state index is 3.70. The first-order valence-corrected chi connectivity index (χ1v) is 6.14. The molecule has 0 aromatic heterocycles. The fourth-order valence-electron chi connectivity index (χ4n) is 2.18. The molecule has 0 spiro atoms. The SMILES string of the molecule is CCC[C@H](C)CNC1CCN(C)CC1. The molecular weight excluding hydrogens is 172 g/mol. The molecule has 14 heavy (non-hydrogen) atoms. The zero-order valence-electron chi connectivity index (χ0n) is 10.1. The van der Waals surface area contributed by atoms with Gasteiger partial charge in [-0.2, -0.15) is 0 Å². The van der Waals surface area contributed by atoms with Gasteiger partial charge in [-0.3, -0.25) is 0 Å². The third-order valence-electron chi connectivity index (χ3n) is 3.26. The number of piperidine rings is 1. The van der Waals surface area contributed by atoms with Crippen LogP contribution in [0, 0.1) is 5.92 Å². The predicted octanol–water partition coefficient (Wildman–Crippen LogP) is 2.11. The summed E-state index contributed by atoms with van der Waals surface area (Å²) in [7, 11) is 2.22. The Morgan fingerprint density at radius 2 is 2.00 bits per heavy atom. The van der Waals surface area contributed by atoms with Gasteiger partial charge in [-0.05, 0) is 51.9 Å². The second kappa shape index (κ2) is 6.41. The summed E-state index contributed by atoms with van der Waals surface area (Å²) in [5, 5.41) is 3.70. The Balaban J connectivity index is 2.06. The molecule has 0 amide bonds. The summed E-state index contributed by atoms with van der Waals surface area (Å²) in [6.45, 7) is 8.36. The van der Waals surface area contributed by atoms with Gasteiger partial charge in [0, 0.05) is 6.04 Å². The highest BCUT2D eigenvalue weighted by molar-refractivity contribution is 4.75. The summed E-state index contributed by atoms with van der Waals surface area (Å²) in [6, 6.07) is 0.783. The topological polar surface area (TPSA) is 15.3 Å². The first kappa shape index (κ1) is 12.0. The summed E-state index contributed by atoms with van der Waals surface area (Å²) in [5.74, 6) is 0.847. The van der Waals surface area contributed by atoms with Gasteiger partial charge < -0.3 is 10.2 Å². The first-order chi connectivity index (χ1) is 6.72. The van der Waals surface area contributed by atoms with E-state index in [2.05, 4.69) is 31.1 Å². The minimum Gasteiger partial charge on any atom is -0.314 e. The second-order valence-corrected chi connectivity index (χ2v) is 4.88. The summed E-state index contributed by atoms with van der Waals surface area (Å²) >= 11 is 0. The first-order valence-electron chi connectivity index (χ1n) is 6.14. The largest absolute Gasteiger partial charge is 0.314 e. The average Bonchev–Trinajstić information content (AvgIpc) is 2.17. The van der Waals surface area contributed by atoms with Crippen molar-refractivity contribution >= 4 is 0 Å². The lowest BCUT2D eigenvalue weighted by molar-refractivity contribution is 0.230. The van der Waals surface area contributed by atoms with Gasteiger partial charge in [0.2, 0.25) is 0 Å². The molecule has 2 nitrogen and oxygen atoms in total. The molecule has 2 heteroatoms. The van der Waals surface area contributed by atoms with E-state index in [4.69, 9.17) is 0 Å². The van der Waals surface area contributed by atoms with Crippen LogP contribution in [0.25, 0.3) is 0 Å². The van der Waals surface area contributed by atoms with Crippen molar-refractivity contribution in [3.05, 3.63) is 0 Å². The molecule has 0 aromatic rings. The van der Waals surface area contributed by atoms with E-state index in [1.807, 2.05) is 0 Å². The van der Waals surface area contributed by atoms with Crippen molar-refractivity contribution in [3.8, 4) is 0 Å². The summed E-state index contributed by atoms with van der Waals surface area (Å²) in [6.07, 6.45) is 5.33. The Labute approximate surface area is 89.1 Å². The summed E-state index contributed by atoms with van der Waals surface area (Å²) < 4.78 is 0. The van der Waals surface area contributed by atoms with Crippen LogP contribution in [-0.2, 0) is 0 Å². The van der Waals surface area contributed by atoms with Crippen LogP contribution in [0.2, 0.25) is 0 Å². The molecule has 0 radical (unpaired) electrons. The van der Waals surface area contributed by atoms with Crippen molar-refractivity contribution in [2.24, 2.45) is 5.92 Å². The van der Waals surface area contributed by atoms with Crippen molar-refractivity contribution in [3.63, 3.8) is 0 Å². The van der Waals surface area contributed by atoms with Crippen molar-refractivity contribution in [1.82, 2.24) is 10.2 Å². The van der Waals surface area contributed by atoms with Crippen LogP contribution < -0.4 is 5.32 Å². The Morgan fingerprint density at radius 3 is 2.57 bits per heavy atom. The van der Waals surface area contributed by atoms with Crippen LogP contribution in [-0.4, -0.2) is 37.6 Å². The number of hydrogen-bond acceptors (Lipinski definition) is 2. The summed E-state index contributed by atoms with van der Waals surface area (Å²) in [5.41, 5.74) is 0. The molecule has 1 saturated heterocycles. The Kier molecular flexibility index (Phi) is 5.49. The van der Waals surface area contributed by atoms with E-state index >= 15 is 0 Å². The maximum Gasteiger partial charge on any atom is 0.00915 e. The molecule has 1 atom stereocenters. The molecule has 1 N–H and O–H groups in total. The van der Waals surface area contributed by atoms with Gasteiger partial charge in [0.15, 0.2) is 0 Å². The number of nitrogens with zero attached hydrogens (tertiary/aromatic N) is 1. The van der Waals surface area contributed by atoms with E-state index in [0.717, 1.165) is 12.0 Å². The van der Waals surface area contributed by atoms with Gasteiger partial charge in [0.1, 0.15) is 0 Å². The van der Waals surface area contributed by atoms with Crippen molar-refractivity contribution in [2.75, 3.05) is 26.7 Å². The van der Waals surface area contributed by atoms with E-state index in [1.54, 1.807) is 0 Å². The molecule has 0 unspecified atom stereocenters. The zero-order chi connectivity index (χ0) is 10.4. The normalized spacial score (nSPS) is 22.5. The van der Waals surface area contributed by atoms with E-state index in [1.165, 1.54) is 45.3 Å². The number of likely N-dealkylation sites (tertiary alicyclic amines) is 1. The average molecular weight is 198 g/mol. The molecular formula is C12H26N2. The van der Waals surface area contributed by atoms with E-state index in [9.17, 15) is 0 Å². The van der Waals surface area contributed by atoms with Gasteiger partial charge in [0.05, 0.1) is 0 Å². The van der Waals surface area contributed by atoms with Crippen molar-refractivity contribution in [2.45, 2.75) is 45.6 Å². The van der Waals surface area contributed by atoms with E-state index in [-0.39, 0.29) is 0 Å². The third-order valence-corrected chi connectivity index (χ3v) is 3.26. The molecule has 1 rings (SSSR count). The molecule has 0 aromatic carbocycles. The van der Waals surface area contributed by atoms with E-state index in [0.29, 0.717) is 0 Å². The van der Waals surface area contributed by atoms with Gasteiger partial charge in [-0.15, -0.1) is 0 Å². The number of hydrogen-bond donors (Lipinski definition) is 1. The van der Waals surface area contributed by atoms with E-state index < -0.39 is 0 Å². The fourth-order valence-corrected chi connectivity index (χ4v) is 2.18. The monoisotopic (exact) mass is 198 g/mol. The minimum absolute atomic E-state index is 0.783. The highest BCUT2D eigenvalue weighted by Crippen LogP contribution is 2.10. The minimum atomic E-state index is 0.783. The molecule has 1 heterocycles. The quantitative estimate of drug-likeness (QED) is 0.728. The van der Waals surface area contributed by atoms with Crippen LogP contribution in [0.15, 0.2) is 0 Å². The molecule has 0 aliphatic carbocycles. The van der Waals surface area contributed by atoms with Gasteiger partial charge >= 0.3 is 0 Å². The highest BCUT2D eigenvalue weighted by atomic mass is 15.1. The molecule has 0 bridgehead atoms. The van der Waals surface area contributed by atoms with Crippen molar-refractivity contribution < 1.29 is 0 Å². The van der Waals surface area contributed by atoms with Crippen LogP contribution in [0.5, 0.6) is 0 Å². The Hall–Kier alpha value is -0.0800. The fraction of sp³-hybridized carbons (Fsp3) is 1.00. The van der Waals surface area contributed by atoms with Gasteiger partial charge in [0.25, 0.3) is 0 Å². The standard InChI is InChI=1S/C12H26N2/c1-4-5-11(2)10-13-12-6-8-14(3)9-7-12/h11-13H,4-10H2,1-3H3/t11-/m0/s1. The lowest BCUT2D eigenvalue weighted by Gasteiger charge is -2.30. The highest BCUT2D eigenvalue weighted by Gasteiger charge is 2.16. The lowest BCUT2D eigenvalue weighted by atomic mass is 10.0. The van der Waals surface area contributed by atoms with Crippen LogP contribution in [0.3, 0.4) is 0 Å². The summed E-state index contributed by atoms with van der Waals surface area (Å²) in [4.78, 5) is 2.42. The Morgan fingerprint density at radius 1 is 1.36 bits per heavy atom. The maximum absolute atomic E-state index is 3.70. The number of rotatable bonds is 5. The smallest absolute Gasteiger partial charge is 0.00915 e. The Bertz CT molecular complexity index is 139. The van der Waals surface area contributed by atoms with Gasteiger partial charge in [-0.25, -0.2) is 0 Å².